The lowest BCUT2D eigenvalue weighted by Gasteiger charge is -2.06. The molecule has 0 saturated heterocycles. The second-order valence-corrected chi connectivity index (χ2v) is 3.53. The van der Waals surface area contributed by atoms with Gasteiger partial charge in [-0.25, -0.2) is 4.79 Å². The van der Waals surface area contributed by atoms with E-state index in [4.69, 9.17) is 5.11 Å². The number of Topliss-reactive ketones (excluding diaryl/α,β-unsaturated/α-hetero) is 1. The van der Waals surface area contributed by atoms with Crippen LogP contribution in [-0.4, -0.2) is 22.0 Å². The Morgan fingerprint density at radius 2 is 1.93 bits per heavy atom. The van der Waals surface area contributed by atoms with Gasteiger partial charge in [-0.2, -0.15) is 0 Å². The predicted octanol–water partition coefficient (Wildman–Crippen LogP) is 2.06. The molecular formula is C9H7BrO4. The van der Waals surface area contributed by atoms with Crippen LogP contribution in [0, 0.1) is 0 Å². The van der Waals surface area contributed by atoms with Crippen molar-refractivity contribution >= 4 is 27.7 Å². The second kappa shape index (κ2) is 3.79. The van der Waals surface area contributed by atoms with Gasteiger partial charge in [-0.3, -0.25) is 4.79 Å². The Morgan fingerprint density at radius 3 is 2.36 bits per heavy atom. The third kappa shape index (κ3) is 1.77. The van der Waals surface area contributed by atoms with Crippen molar-refractivity contribution in [2.75, 3.05) is 0 Å². The summed E-state index contributed by atoms with van der Waals surface area (Å²) in [6.07, 6.45) is 0. The van der Waals surface area contributed by atoms with Crippen molar-refractivity contribution in [2.45, 2.75) is 6.92 Å². The normalized spacial score (nSPS) is 9.86. The van der Waals surface area contributed by atoms with Crippen molar-refractivity contribution in [3.8, 4) is 5.75 Å². The van der Waals surface area contributed by atoms with Gasteiger partial charge in [-0.05, 0) is 35.0 Å². The fourth-order valence-corrected chi connectivity index (χ4v) is 1.43. The summed E-state index contributed by atoms with van der Waals surface area (Å²) in [6.45, 7) is 1.20. The quantitative estimate of drug-likeness (QED) is 0.797. The molecule has 1 rings (SSSR count). The van der Waals surface area contributed by atoms with Crippen LogP contribution in [0.25, 0.3) is 0 Å². The highest BCUT2D eigenvalue weighted by Gasteiger charge is 2.19. The number of phenols is 1. The van der Waals surface area contributed by atoms with Crippen LogP contribution in [0.5, 0.6) is 5.75 Å². The number of carboxylic acids is 1. The summed E-state index contributed by atoms with van der Waals surface area (Å²) in [5.41, 5.74) is -0.370. The van der Waals surface area contributed by atoms with Crippen molar-refractivity contribution in [2.24, 2.45) is 0 Å². The molecule has 0 fully saturated rings. The molecule has 1 aromatic rings. The Hall–Kier alpha value is -1.36. The second-order valence-electron chi connectivity index (χ2n) is 2.68. The molecule has 0 radical (unpaired) electrons. The van der Waals surface area contributed by atoms with Crippen molar-refractivity contribution in [3.63, 3.8) is 0 Å². The molecule has 14 heavy (non-hydrogen) atoms. The minimum Gasteiger partial charge on any atom is -0.506 e. The Morgan fingerprint density at radius 1 is 1.36 bits per heavy atom. The largest absolute Gasteiger partial charge is 0.506 e. The number of phenolic OH excluding ortho intramolecular Hbond substituents is 1. The molecular weight excluding hydrogens is 252 g/mol. The summed E-state index contributed by atoms with van der Waals surface area (Å²) < 4.78 is 0.299. The molecule has 74 valence electrons. The number of carboxylic acid groups (broad SMARTS) is 1. The topological polar surface area (TPSA) is 74.6 Å². The minimum atomic E-state index is -1.24. The Kier molecular flexibility index (Phi) is 2.90. The molecule has 0 saturated carbocycles. The summed E-state index contributed by atoms with van der Waals surface area (Å²) in [5, 5.41) is 18.2. The van der Waals surface area contributed by atoms with Crippen LogP contribution in [0.4, 0.5) is 0 Å². The van der Waals surface area contributed by atoms with Crippen LogP contribution in [0.2, 0.25) is 0 Å². The van der Waals surface area contributed by atoms with Gasteiger partial charge < -0.3 is 10.2 Å². The lowest BCUT2D eigenvalue weighted by atomic mass is 10.0. The molecule has 5 heteroatoms. The van der Waals surface area contributed by atoms with E-state index >= 15 is 0 Å². The van der Waals surface area contributed by atoms with E-state index in [2.05, 4.69) is 15.9 Å². The fourth-order valence-electron chi connectivity index (χ4n) is 1.10. The first-order chi connectivity index (χ1) is 6.45. The molecule has 0 spiro atoms. The molecule has 0 bridgehead atoms. The number of aromatic hydroxyl groups is 1. The predicted molar refractivity (Wildman–Crippen MR) is 52.8 cm³/mol. The number of ketones is 1. The number of benzene rings is 1. The van der Waals surface area contributed by atoms with E-state index in [1.165, 1.54) is 19.1 Å². The van der Waals surface area contributed by atoms with Crippen LogP contribution in [-0.2, 0) is 0 Å². The zero-order chi connectivity index (χ0) is 10.9. The first-order valence-corrected chi connectivity index (χ1v) is 4.50. The number of hydrogen-bond acceptors (Lipinski definition) is 3. The molecule has 0 atom stereocenters. The minimum absolute atomic E-state index is 0.174. The highest BCUT2D eigenvalue weighted by molar-refractivity contribution is 9.10. The molecule has 0 aromatic heterocycles. The number of rotatable bonds is 2. The van der Waals surface area contributed by atoms with Crippen molar-refractivity contribution < 1.29 is 19.8 Å². The highest BCUT2D eigenvalue weighted by atomic mass is 79.9. The van der Waals surface area contributed by atoms with Gasteiger partial charge in [0.25, 0.3) is 0 Å². The van der Waals surface area contributed by atoms with E-state index in [1.54, 1.807) is 0 Å². The van der Waals surface area contributed by atoms with E-state index in [1.807, 2.05) is 0 Å². The van der Waals surface area contributed by atoms with Crippen LogP contribution in [0.1, 0.15) is 27.6 Å². The van der Waals surface area contributed by atoms with E-state index in [0.717, 1.165) is 0 Å². The fraction of sp³-hybridized carbons (Fsp3) is 0.111. The third-order valence-electron chi connectivity index (χ3n) is 1.71. The van der Waals surface area contributed by atoms with Gasteiger partial charge in [0.05, 0.1) is 15.6 Å². The zero-order valence-corrected chi connectivity index (χ0v) is 8.83. The average molecular weight is 259 g/mol. The molecule has 4 nitrogen and oxygen atoms in total. The van der Waals surface area contributed by atoms with E-state index in [9.17, 15) is 14.7 Å². The SMILES string of the molecule is CC(=O)c1c(C(=O)O)ccc(Br)c1O. The van der Waals surface area contributed by atoms with Crippen LogP contribution < -0.4 is 0 Å². The summed E-state index contributed by atoms with van der Waals surface area (Å²) in [5.74, 6) is -2.06. The van der Waals surface area contributed by atoms with Crippen molar-refractivity contribution in [3.05, 3.63) is 27.7 Å². The number of carbonyl (C=O) groups is 2. The Labute approximate surface area is 88.3 Å². The number of halogens is 1. The molecule has 0 unspecified atom stereocenters. The van der Waals surface area contributed by atoms with Gasteiger partial charge in [0.15, 0.2) is 5.78 Å². The third-order valence-corrected chi connectivity index (χ3v) is 2.35. The molecule has 1 aromatic carbocycles. The maximum Gasteiger partial charge on any atom is 0.336 e. The van der Waals surface area contributed by atoms with E-state index in [-0.39, 0.29) is 16.9 Å². The molecule has 0 amide bonds. The summed E-state index contributed by atoms with van der Waals surface area (Å²) in [4.78, 5) is 21.8. The summed E-state index contributed by atoms with van der Waals surface area (Å²) in [7, 11) is 0. The maximum absolute atomic E-state index is 11.1. The average Bonchev–Trinajstić information content (AvgIpc) is 2.08. The van der Waals surface area contributed by atoms with Gasteiger partial charge in [0.2, 0.25) is 0 Å². The number of carbonyl (C=O) groups excluding carboxylic acids is 1. The van der Waals surface area contributed by atoms with Crippen molar-refractivity contribution in [1.82, 2.24) is 0 Å². The smallest absolute Gasteiger partial charge is 0.336 e. The van der Waals surface area contributed by atoms with Gasteiger partial charge in [0.1, 0.15) is 5.75 Å². The number of aromatic carboxylic acids is 1. The van der Waals surface area contributed by atoms with Gasteiger partial charge in [-0.1, -0.05) is 0 Å². The van der Waals surface area contributed by atoms with Gasteiger partial charge in [0, 0.05) is 0 Å². The molecule has 0 aliphatic carbocycles. The molecule has 2 N–H and O–H groups in total. The molecule has 0 aliphatic heterocycles. The lowest BCUT2D eigenvalue weighted by Crippen LogP contribution is -2.06. The molecule has 0 aliphatic rings. The first kappa shape index (κ1) is 10.7. The van der Waals surface area contributed by atoms with Crippen LogP contribution >= 0.6 is 15.9 Å². The highest BCUT2D eigenvalue weighted by Crippen LogP contribution is 2.30. The summed E-state index contributed by atoms with van der Waals surface area (Å²) >= 11 is 3.00. The first-order valence-electron chi connectivity index (χ1n) is 3.71. The monoisotopic (exact) mass is 258 g/mol. The lowest BCUT2D eigenvalue weighted by molar-refractivity contribution is 0.0691. The van der Waals surface area contributed by atoms with Crippen LogP contribution in [0.3, 0.4) is 0 Å². The van der Waals surface area contributed by atoms with Gasteiger partial charge >= 0.3 is 5.97 Å². The Balaban J connectivity index is 3.53. The van der Waals surface area contributed by atoms with Gasteiger partial charge in [-0.15, -0.1) is 0 Å². The molecule has 0 heterocycles. The summed E-state index contributed by atoms with van der Waals surface area (Å²) in [6, 6.07) is 2.65. The van der Waals surface area contributed by atoms with Crippen LogP contribution in [0.15, 0.2) is 16.6 Å². The van der Waals surface area contributed by atoms with Crippen molar-refractivity contribution in [1.29, 1.82) is 0 Å². The standard InChI is InChI=1S/C9H7BrO4/c1-4(11)7-5(9(13)14)2-3-6(10)8(7)12/h2-3,12H,1H3,(H,13,14). The van der Waals surface area contributed by atoms with E-state index in [0.29, 0.717) is 4.47 Å². The number of hydrogen-bond donors (Lipinski definition) is 2. The zero-order valence-electron chi connectivity index (χ0n) is 7.24. The van der Waals surface area contributed by atoms with E-state index < -0.39 is 11.8 Å². The Bertz CT molecular complexity index is 412. The maximum atomic E-state index is 11.1.